The van der Waals surface area contributed by atoms with Crippen LogP contribution in [0.25, 0.3) is 0 Å². The van der Waals surface area contributed by atoms with Gasteiger partial charge >= 0.3 is 0 Å². The highest BCUT2D eigenvalue weighted by Gasteiger charge is 2.31. The Morgan fingerprint density at radius 2 is 1.17 bits per heavy atom. The van der Waals surface area contributed by atoms with Crippen LogP contribution in [0.15, 0.2) is 12.1 Å². The van der Waals surface area contributed by atoms with Crippen LogP contribution in [0, 0.1) is 35.2 Å². The largest absolute Gasteiger partial charge is 0.204 e. The van der Waals surface area contributed by atoms with Gasteiger partial charge in [-0.15, -0.1) is 0 Å². The Morgan fingerprint density at radius 3 is 1.73 bits per heavy atom. The molecule has 2 aliphatic rings. The molecule has 0 heterocycles. The summed E-state index contributed by atoms with van der Waals surface area (Å²) in [4.78, 5) is 0. The summed E-state index contributed by atoms with van der Waals surface area (Å²) in [6, 6.07) is 2.41. The minimum Gasteiger partial charge on any atom is -0.204 e. The van der Waals surface area contributed by atoms with Gasteiger partial charge in [-0.2, -0.15) is 0 Å². The van der Waals surface area contributed by atoms with Crippen LogP contribution >= 0.6 is 0 Å². The second-order valence-corrected chi connectivity index (χ2v) is 10.1. The third-order valence-corrected chi connectivity index (χ3v) is 8.02. The number of benzene rings is 1. The van der Waals surface area contributed by atoms with Crippen LogP contribution in [-0.2, 0) is 0 Å². The zero-order valence-electron chi connectivity index (χ0n) is 18.9. The molecule has 2 saturated carbocycles. The van der Waals surface area contributed by atoms with E-state index in [0.29, 0.717) is 5.56 Å². The van der Waals surface area contributed by atoms with Crippen LogP contribution in [0.5, 0.6) is 0 Å². The molecule has 0 bridgehead atoms. The molecule has 2 aliphatic carbocycles. The molecular weight excluding hydrogens is 381 g/mol. The summed E-state index contributed by atoms with van der Waals surface area (Å²) in [6.45, 7) is 2.27. The van der Waals surface area contributed by atoms with Crippen LogP contribution < -0.4 is 0 Å². The van der Waals surface area contributed by atoms with Gasteiger partial charge in [-0.1, -0.05) is 71.1 Å². The summed E-state index contributed by atoms with van der Waals surface area (Å²) in [5.74, 6) is -0.703. The average molecular weight is 423 g/mol. The molecule has 0 saturated heterocycles. The maximum atomic E-state index is 13.6. The topological polar surface area (TPSA) is 0 Å². The van der Waals surface area contributed by atoms with E-state index in [0.717, 1.165) is 43.4 Å². The van der Waals surface area contributed by atoms with Gasteiger partial charge in [0, 0.05) is 0 Å². The molecule has 0 aromatic heterocycles. The van der Waals surface area contributed by atoms with E-state index in [9.17, 15) is 13.2 Å². The SMILES string of the molecule is CCCCCCCCCC1CCC(C2CCC(c3cc(F)c(F)c(F)c3)CC2)CC1. The van der Waals surface area contributed by atoms with Crippen LogP contribution in [0.4, 0.5) is 13.2 Å². The second kappa shape index (κ2) is 12.2. The highest BCUT2D eigenvalue weighted by Crippen LogP contribution is 2.44. The van der Waals surface area contributed by atoms with E-state index in [1.54, 1.807) is 0 Å². The lowest BCUT2D eigenvalue weighted by molar-refractivity contribution is 0.155. The van der Waals surface area contributed by atoms with Gasteiger partial charge in [0.15, 0.2) is 17.5 Å². The highest BCUT2D eigenvalue weighted by atomic mass is 19.2. The van der Waals surface area contributed by atoms with E-state index in [1.807, 2.05) is 0 Å². The van der Waals surface area contributed by atoms with Gasteiger partial charge in [-0.25, -0.2) is 13.2 Å². The number of unbranched alkanes of at least 4 members (excludes halogenated alkanes) is 6. The molecule has 0 nitrogen and oxygen atoms in total. The smallest absolute Gasteiger partial charge is 0.194 e. The first kappa shape index (κ1) is 23.7. The van der Waals surface area contributed by atoms with Crippen molar-refractivity contribution in [3.8, 4) is 0 Å². The normalized spacial score (nSPS) is 27.3. The van der Waals surface area contributed by atoms with E-state index >= 15 is 0 Å². The molecule has 170 valence electrons. The lowest BCUT2D eigenvalue weighted by atomic mass is 9.68. The van der Waals surface area contributed by atoms with E-state index in [-0.39, 0.29) is 5.92 Å². The van der Waals surface area contributed by atoms with E-state index in [4.69, 9.17) is 0 Å². The molecule has 2 fully saturated rings. The molecule has 3 heteroatoms. The number of halogens is 3. The Bertz CT molecular complexity index is 602. The van der Waals surface area contributed by atoms with Crippen molar-refractivity contribution in [2.75, 3.05) is 0 Å². The predicted molar refractivity (Wildman–Crippen MR) is 119 cm³/mol. The van der Waals surface area contributed by atoms with E-state index < -0.39 is 17.5 Å². The summed E-state index contributed by atoms with van der Waals surface area (Å²) < 4.78 is 40.4. The van der Waals surface area contributed by atoms with Crippen LogP contribution in [0.2, 0.25) is 0 Å². The Hall–Kier alpha value is -0.990. The first-order chi connectivity index (χ1) is 14.6. The quantitative estimate of drug-likeness (QED) is 0.260. The highest BCUT2D eigenvalue weighted by molar-refractivity contribution is 5.23. The number of rotatable bonds is 10. The fourth-order valence-corrected chi connectivity index (χ4v) is 6.07. The number of hydrogen-bond acceptors (Lipinski definition) is 0. The number of hydrogen-bond donors (Lipinski definition) is 0. The van der Waals surface area contributed by atoms with Gasteiger partial charge < -0.3 is 0 Å². The Kier molecular flexibility index (Phi) is 9.59. The van der Waals surface area contributed by atoms with Crippen molar-refractivity contribution in [1.29, 1.82) is 0 Å². The molecule has 1 aromatic rings. The lowest BCUT2D eigenvalue weighted by Crippen LogP contribution is -2.25. The molecule has 0 aliphatic heterocycles. The third-order valence-electron chi connectivity index (χ3n) is 8.02. The van der Waals surface area contributed by atoms with Crippen LogP contribution in [0.1, 0.15) is 121 Å². The van der Waals surface area contributed by atoms with Gasteiger partial charge in [0.1, 0.15) is 0 Å². The van der Waals surface area contributed by atoms with Crippen molar-refractivity contribution in [1.82, 2.24) is 0 Å². The van der Waals surface area contributed by atoms with Crippen molar-refractivity contribution in [3.05, 3.63) is 35.1 Å². The van der Waals surface area contributed by atoms with E-state index in [2.05, 4.69) is 6.92 Å². The first-order valence-corrected chi connectivity index (χ1v) is 12.7. The minimum absolute atomic E-state index is 0.180. The standard InChI is InChI=1S/C27H41F3/c1-2-3-4-5-6-7-8-9-20-10-12-21(13-11-20)22-14-16-23(17-15-22)24-18-25(28)27(30)26(29)19-24/h18-23H,2-17H2,1H3. The van der Waals surface area contributed by atoms with Crippen LogP contribution in [0.3, 0.4) is 0 Å². The van der Waals surface area contributed by atoms with Gasteiger partial charge in [0.05, 0.1) is 0 Å². The predicted octanol–water partition coefficient (Wildman–Crippen LogP) is 9.32. The second-order valence-electron chi connectivity index (χ2n) is 10.1. The van der Waals surface area contributed by atoms with E-state index in [1.165, 1.54) is 89.2 Å². The molecule has 0 amide bonds. The van der Waals surface area contributed by atoms with Gasteiger partial charge in [-0.3, -0.25) is 0 Å². The third kappa shape index (κ3) is 6.76. The maximum absolute atomic E-state index is 13.6. The summed E-state index contributed by atoms with van der Waals surface area (Å²) in [7, 11) is 0. The van der Waals surface area contributed by atoms with Crippen molar-refractivity contribution in [2.24, 2.45) is 17.8 Å². The Balaban J connectivity index is 1.33. The Labute approximate surface area is 182 Å². The molecule has 0 unspecified atom stereocenters. The zero-order valence-corrected chi connectivity index (χ0v) is 18.9. The lowest BCUT2D eigenvalue weighted by Gasteiger charge is -2.38. The van der Waals surface area contributed by atoms with Gasteiger partial charge in [0.2, 0.25) is 0 Å². The monoisotopic (exact) mass is 422 g/mol. The van der Waals surface area contributed by atoms with Crippen molar-refractivity contribution in [3.63, 3.8) is 0 Å². The molecule has 1 aromatic carbocycles. The minimum atomic E-state index is -1.35. The average Bonchev–Trinajstić information content (AvgIpc) is 2.77. The van der Waals surface area contributed by atoms with Crippen molar-refractivity contribution in [2.45, 2.75) is 116 Å². The summed E-state index contributed by atoms with van der Waals surface area (Å²) >= 11 is 0. The summed E-state index contributed by atoms with van der Waals surface area (Å²) in [5.41, 5.74) is 0.642. The van der Waals surface area contributed by atoms with Gasteiger partial charge in [-0.05, 0) is 79.9 Å². The summed E-state index contributed by atoms with van der Waals surface area (Å²) in [5, 5.41) is 0. The molecule has 0 radical (unpaired) electrons. The molecule has 3 rings (SSSR count). The molecule has 30 heavy (non-hydrogen) atoms. The fourth-order valence-electron chi connectivity index (χ4n) is 6.07. The molecule has 0 spiro atoms. The van der Waals surface area contributed by atoms with Crippen molar-refractivity contribution < 1.29 is 13.2 Å². The summed E-state index contributed by atoms with van der Waals surface area (Å²) in [6.07, 6.45) is 21.0. The van der Waals surface area contributed by atoms with Gasteiger partial charge in [0.25, 0.3) is 0 Å². The van der Waals surface area contributed by atoms with Crippen molar-refractivity contribution >= 4 is 0 Å². The zero-order chi connectivity index (χ0) is 21.3. The van der Waals surface area contributed by atoms with Crippen LogP contribution in [-0.4, -0.2) is 0 Å². The maximum Gasteiger partial charge on any atom is 0.194 e. The molecule has 0 atom stereocenters. The fraction of sp³-hybridized carbons (Fsp3) is 0.778. The molecule has 0 N–H and O–H groups in total. The molecular formula is C27H41F3. The first-order valence-electron chi connectivity index (χ1n) is 12.7. The Morgan fingerprint density at radius 1 is 0.667 bits per heavy atom.